The van der Waals surface area contributed by atoms with Crippen molar-refractivity contribution in [3.05, 3.63) is 64.4 Å². The molecular formula is C26H33BrN4O2. The minimum Gasteiger partial charge on any atom is -0.342 e. The van der Waals surface area contributed by atoms with Crippen LogP contribution in [0, 0.1) is 11.8 Å². The van der Waals surface area contributed by atoms with Crippen molar-refractivity contribution in [2.45, 2.75) is 47.2 Å². The quantitative estimate of drug-likeness (QED) is 0.415. The molecule has 1 heterocycles. The molecule has 2 aromatic carbocycles. The van der Waals surface area contributed by atoms with Crippen LogP contribution >= 0.6 is 15.9 Å². The molecule has 3 aromatic rings. The number of nitrogens with one attached hydrogen (secondary N) is 1. The molecule has 1 unspecified atom stereocenters. The molecular weight excluding hydrogens is 480 g/mol. The molecule has 0 radical (unpaired) electrons. The molecule has 0 saturated heterocycles. The molecule has 3 rings (SSSR count). The highest BCUT2D eigenvalue weighted by Gasteiger charge is 2.23. The van der Waals surface area contributed by atoms with Crippen LogP contribution in [0.5, 0.6) is 0 Å². The number of halogens is 1. The minimum atomic E-state index is -0.370. The maximum atomic E-state index is 13.4. The third-order valence-corrected chi connectivity index (χ3v) is 5.87. The molecule has 7 heteroatoms. The number of hydrogen-bond acceptors (Lipinski definition) is 3. The van der Waals surface area contributed by atoms with Crippen molar-refractivity contribution in [3.63, 3.8) is 0 Å². The van der Waals surface area contributed by atoms with Crippen molar-refractivity contribution in [3.8, 4) is 0 Å². The number of para-hydroxylation sites is 2. The lowest BCUT2D eigenvalue weighted by Gasteiger charge is -2.27. The number of aromatic nitrogens is 2. The van der Waals surface area contributed by atoms with E-state index >= 15 is 0 Å². The summed E-state index contributed by atoms with van der Waals surface area (Å²) in [6, 6.07) is 14.6. The van der Waals surface area contributed by atoms with E-state index in [-0.39, 0.29) is 24.4 Å². The van der Waals surface area contributed by atoms with Gasteiger partial charge in [-0.1, -0.05) is 55.8 Å². The van der Waals surface area contributed by atoms with Gasteiger partial charge in [-0.05, 0) is 55.2 Å². The Hall–Kier alpha value is -2.67. The number of rotatable bonds is 9. The summed E-state index contributed by atoms with van der Waals surface area (Å²) in [4.78, 5) is 32.9. The monoisotopic (exact) mass is 512 g/mol. The molecule has 176 valence electrons. The maximum absolute atomic E-state index is 13.4. The van der Waals surface area contributed by atoms with Gasteiger partial charge in [0.05, 0.1) is 17.1 Å². The predicted octanol–water partition coefficient (Wildman–Crippen LogP) is 5.43. The Bertz CT molecular complexity index is 1100. The second-order valence-corrected chi connectivity index (χ2v) is 10.2. The molecule has 6 nitrogen and oxygen atoms in total. The van der Waals surface area contributed by atoms with Gasteiger partial charge in [-0.25, -0.2) is 4.98 Å². The van der Waals surface area contributed by atoms with Crippen LogP contribution in [0.2, 0.25) is 0 Å². The highest BCUT2D eigenvalue weighted by Crippen LogP contribution is 2.22. The van der Waals surface area contributed by atoms with Gasteiger partial charge >= 0.3 is 0 Å². The zero-order chi connectivity index (χ0) is 24.1. The predicted molar refractivity (Wildman–Crippen MR) is 136 cm³/mol. The summed E-state index contributed by atoms with van der Waals surface area (Å²) in [5, 5.41) is 3.04. The van der Waals surface area contributed by atoms with E-state index in [4.69, 9.17) is 4.98 Å². The molecule has 1 aromatic heterocycles. The van der Waals surface area contributed by atoms with Gasteiger partial charge < -0.3 is 14.8 Å². The van der Waals surface area contributed by atoms with Gasteiger partial charge in [0.15, 0.2) is 0 Å². The van der Waals surface area contributed by atoms with Crippen LogP contribution in [-0.4, -0.2) is 39.4 Å². The van der Waals surface area contributed by atoms with E-state index in [1.54, 1.807) is 12.1 Å². The van der Waals surface area contributed by atoms with E-state index in [9.17, 15) is 9.59 Å². The first-order chi connectivity index (χ1) is 15.7. The first-order valence-corrected chi connectivity index (χ1v) is 12.2. The minimum absolute atomic E-state index is 0.0632. The Morgan fingerprint density at radius 3 is 2.18 bits per heavy atom. The number of carbonyl (C=O) groups excluding carboxylic acids is 2. The maximum Gasteiger partial charge on any atom is 0.251 e. The van der Waals surface area contributed by atoms with Crippen LogP contribution in [0.15, 0.2) is 53.0 Å². The summed E-state index contributed by atoms with van der Waals surface area (Å²) in [6.07, 6.45) is 0. The van der Waals surface area contributed by atoms with E-state index in [0.717, 1.165) is 28.6 Å². The molecule has 1 N–H and O–H groups in total. The average molecular weight is 513 g/mol. The molecule has 33 heavy (non-hydrogen) atoms. The molecule has 1 atom stereocenters. The van der Waals surface area contributed by atoms with Gasteiger partial charge in [-0.15, -0.1) is 0 Å². The Balaban J connectivity index is 1.89. The van der Waals surface area contributed by atoms with Crippen LogP contribution in [0.4, 0.5) is 0 Å². The summed E-state index contributed by atoms with van der Waals surface area (Å²) < 4.78 is 2.86. The SMILES string of the molecule is CC(C)CN(CC(C)C)C(=O)Cn1c(C(C)NC(=O)c2ccc(Br)cc2)nc2ccccc21. The fourth-order valence-electron chi connectivity index (χ4n) is 3.93. The van der Waals surface area contributed by atoms with Gasteiger partial charge in [0.25, 0.3) is 5.91 Å². The number of hydrogen-bond donors (Lipinski definition) is 1. The summed E-state index contributed by atoms with van der Waals surface area (Å²) in [5.41, 5.74) is 2.27. The van der Waals surface area contributed by atoms with Gasteiger partial charge in [0.2, 0.25) is 5.91 Å². The van der Waals surface area contributed by atoms with Crippen LogP contribution < -0.4 is 5.32 Å². The number of fused-ring (bicyclic) bond motifs is 1. The summed E-state index contributed by atoms with van der Waals surface area (Å²) in [7, 11) is 0. The van der Waals surface area contributed by atoms with Gasteiger partial charge in [-0.2, -0.15) is 0 Å². The number of imidazole rings is 1. The first kappa shape index (κ1) is 25.0. The van der Waals surface area contributed by atoms with E-state index in [1.807, 2.05) is 52.8 Å². The highest BCUT2D eigenvalue weighted by molar-refractivity contribution is 9.10. The second-order valence-electron chi connectivity index (χ2n) is 9.33. The number of benzene rings is 2. The fourth-order valence-corrected chi connectivity index (χ4v) is 4.20. The van der Waals surface area contributed by atoms with Crippen molar-refractivity contribution in [1.82, 2.24) is 19.8 Å². The first-order valence-electron chi connectivity index (χ1n) is 11.4. The average Bonchev–Trinajstić information content (AvgIpc) is 3.11. The zero-order valence-corrected chi connectivity index (χ0v) is 21.6. The van der Waals surface area contributed by atoms with Crippen molar-refractivity contribution >= 4 is 38.8 Å². The van der Waals surface area contributed by atoms with Gasteiger partial charge in [-0.3, -0.25) is 9.59 Å². The molecule has 0 spiro atoms. The smallest absolute Gasteiger partial charge is 0.251 e. The Morgan fingerprint density at radius 1 is 0.970 bits per heavy atom. The highest BCUT2D eigenvalue weighted by atomic mass is 79.9. The standard InChI is InChI=1S/C26H33BrN4O2/c1-17(2)14-30(15-18(3)4)24(32)16-31-23-9-7-6-8-22(23)29-25(31)19(5)28-26(33)20-10-12-21(27)13-11-20/h6-13,17-19H,14-16H2,1-5H3,(H,28,33). The molecule has 2 amide bonds. The van der Waals surface area contributed by atoms with Gasteiger partial charge in [0.1, 0.15) is 12.4 Å². The van der Waals surface area contributed by atoms with Crippen LogP contribution in [-0.2, 0) is 11.3 Å². The number of carbonyl (C=O) groups is 2. The number of amides is 2. The lowest BCUT2D eigenvalue weighted by molar-refractivity contribution is -0.132. The summed E-state index contributed by atoms with van der Waals surface area (Å²) in [6.45, 7) is 12.0. The fraction of sp³-hybridized carbons (Fsp3) is 0.423. The third-order valence-electron chi connectivity index (χ3n) is 5.34. The molecule has 0 bridgehead atoms. The van der Waals surface area contributed by atoms with Crippen LogP contribution in [0.25, 0.3) is 11.0 Å². The normalized spacial score (nSPS) is 12.4. The lowest BCUT2D eigenvalue weighted by Crippen LogP contribution is -2.39. The Labute approximate surface area is 204 Å². The third kappa shape index (κ3) is 6.44. The Morgan fingerprint density at radius 2 is 1.58 bits per heavy atom. The largest absolute Gasteiger partial charge is 0.342 e. The van der Waals surface area contributed by atoms with Crippen LogP contribution in [0.3, 0.4) is 0 Å². The topological polar surface area (TPSA) is 67.2 Å². The zero-order valence-electron chi connectivity index (χ0n) is 20.0. The van der Waals surface area contributed by atoms with Crippen molar-refractivity contribution in [2.75, 3.05) is 13.1 Å². The molecule has 0 aliphatic carbocycles. The van der Waals surface area contributed by atoms with Crippen LogP contribution in [0.1, 0.15) is 56.8 Å². The molecule has 0 aliphatic rings. The van der Waals surface area contributed by atoms with E-state index < -0.39 is 0 Å². The van der Waals surface area contributed by atoms with E-state index in [2.05, 4.69) is 48.9 Å². The molecule has 0 saturated carbocycles. The van der Waals surface area contributed by atoms with E-state index in [1.165, 1.54) is 0 Å². The second kappa shape index (κ2) is 11.0. The van der Waals surface area contributed by atoms with Crippen molar-refractivity contribution in [2.24, 2.45) is 11.8 Å². The molecule has 0 aliphatic heterocycles. The lowest BCUT2D eigenvalue weighted by atomic mass is 10.1. The van der Waals surface area contributed by atoms with Gasteiger partial charge in [0, 0.05) is 23.1 Å². The van der Waals surface area contributed by atoms with E-state index in [0.29, 0.717) is 23.2 Å². The Kier molecular flexibility index (Phi) is 8.30. The summed E-state index contributed by atoms with van der Waals surface area (Å²) in [5.74, 6) is 1.32. The van der Waals surface area contributed by atoms with Crippen molar-refractivity contribution in [1.29, 1.82) is 0 Å². The van der Waals surface area contributed by atoms with Crippen molar-refractivity contribution < 1.29 is 9.59 Å². The molecule has 0 fully saturated rings. The summed E-state index contributed by atoms with van der Waals surface area (Å²) >= 11 is 3.39. The number of nitrogens with zero attached hydrogens (tertiary/aromatic N) is 3.